The van der Waals surface area contributed by atoms with Crippen LogP contribution < -0.4 is 5.32 Å². The molecule has 0 aromatic heterocycles. The summed E-state index contributed by atoms with van der Waals surface area (Å²) >= 11 is 0. The number of alkyl halides is 3. The van der Waals surface area contributed by atoms with Crippen LogP contribution in [0.2, 0.25) is 0 Å². The first-order valence-corrected chi connectivity index (χ1v) is 7.90. The maximum atomic E-state index is 12.4. The topological polar surface area (TPSA) is 35.6 Å². The van der Waals surface area contributed by atoms with Crippen LogP contribution in [0, 0.1) is 11.8 Å². The number of rotatable bonds is 2. The lowest BCUT2D eigenvalue weighted by molar-refractivity contribution is -0.143. The molecule has 0 spiro atoms. The zero-order valence-corrected chi connectivity index (χ0v) is 12.5. The Morgan fingerprint density at radius 3 is 2.36 bits per heavy atom. The molecule has 1 aliphatic carbocycles. The maximum absolute atomic E-state index is 12.4. The van der Waals surface area contributed by atoms with Crippen LogP contribution in [0.1, 0.15) is 19.3 Å². The Balaban J connectivity index is 1.45. The third-order valence-electron chi connectivity index (χ3n) is 4.91. The number of amides is 2. The van der Waals surface area contributed by atoms with Crippen molar-refractivity contribution in [2.75, 3.05) is 32.7 Å². The highest BCUT2D eigenvalue weighted by Crippen LogP contribution is 2.32. The van der Waals surface area contributed by atoms with Gasteiger partial charge in [-0.05, 0) is 31.1 Å². The number of fused-ring (bicyclic) bond motifs is 1. The SMILES string of the molecule is O=C(NC1CCN(CC(F)(F)F)C1)N1CC2CC=CCC2C1. The summed E-state index contributed by atoms with van der Waals surface area (Å²) in [5.41, 5.74) is 0. The molecule has 3 unspecified atom stereocenters. The van der Waals surface area contributed by atoms with Crippen molar-refractivity contribution in [3.63, 3.8) is 0 Å². The average molecular weight is 317 g/mol. The summed E-state index contributed by atoms with van der Waals surface area (Å²) < 4.78 is 37.1. The van der Waals surface area contributed by atoms with Crippen LogP contribution in [0.4, 0.5) is 18.0 Å². The molecule has 0 saturated carbocycles. The highest BCUT2D eigenvalue weighted by molar-refractivity contribution is 5.75. The van der Waals surface area contributed by atoms with E-state index in [0.717, 1.165) is 25.9 Å². The number of nitrogens with one attached hydrogen (secondary N) is 1. The summed E-state index contributed by atoms with van der Waals surface area (Å²) in [6.45, 7) is 1.31. The Morgan fingerprint density at radius 2 is 1.77 bits per heavy atom. The molecule has 2 heterocycles. The highest BCUT2D eigenvalue weighted by atomic mass is 19.4. The van der Waals surface area contributed by atoms with Crippen LogP contribution in [-0.2, 0) is 0 Å². The van der Waals surface area contributed by atoms with Gasteiger partial charge in [0.15, 0.2) is 0 Å². The van der Waals surface area contributed by atoms with Gasteiger partial charge < -0.3 is 10.2 Å². The van der Waals surface area contributed by atoms with E-state index in [1.807, 2.05) is 4.90 Å². The van der Waals surface area contributed by atoms with Crippen LogP contribution in [0.3, 0.4) is 0 Å². The van der Waals surface area contributed by atoms with E-state index in [1.54, 1.807) is 0 Å². The monoisotopic (exact) mass is 317 g/mol. The van der Waals surface area contributed by atoms with Gasteiger partial charge in [0, 0.05) is 32.2 Å². The van der Waals surface area contributed by atoms with Crippen LogP contribution in [0.15, 0.2) is 12.2 Å². The van der Waals surface area contributed by atoms with Crippen molar-refractivity contribution in [2.24, 2.45) is 11.8 Å². The van der Waals surface area contributed by atoms with Crippen molar-refractivity contribution in [2.45, 2.75) is 31.5 Å². The number of hydrogen-bond acceptors (Lipinski definition) is 2. The molecule has 22 heavy (non-hydrogen) atoms. The molecule has 2 saturated heterocycles. The predicted octanol–water partition coefficient (Wildman–Crippen LogP) is 2.23. The van der Waals surface area contributed by atoms with E-state index in [0.29, 0.717) is 24.8 Å². The van der Waals surface area contributed by atoms with Gasteiger partial charge in [-0.15, -0.1) is 0 Å². The Morgan fingerprint density at radius 1 is 1.14 bits per heavy atom. The lowest BCUT2D eigenvalue weighted by Gasteiger charge is -2.21. The van der Waals surface area contributed by atoms with Gasteiger partial charge in [0.1, 0.15) is 0 Å². The van der Waals surface area contributed by atoms with E-state index in [4.69, 9.17) is 0 Å². The van der Waals surface area contributed by atoms with Crippen molar-refractivity contribution in [1.29, 1.82) is 0 Å². The molecule has 4 nitrogen and oxygen atoms in total. The maximum Gasteiger partial charge on any atom is 0.401 e. The minimum absolute atomic E-state index is 0.117. The van der Waals surface area contributed by atoms with Crippen LogP contribution in [0.25, 0.3) is 0 Å². The largest absolute Gasteiger partial charge is 0.401 e. The van der Waals surface area contributed by atoms with Gasteiger partial charge in [0.2, 0.25) is 0 Å². The first-order valence-electron chi connectivity index (χ1n) is 7.90. The summed E-state index contributed by atoms with van der Waals surface area (Å²) in [6, 6.07) is -0.288. The van der Waals surface area contributed by atoms with E-state index >= 15 is 0 Å². The summed E-state index contributed by atoms with van der Waals surface area (Å²) in [5, 5.41) is 2.90. The molecule has 1 N–H and O–H groups in total. The van der Waals surface area contributed by atoms with Crippen molar-refractivity contribution >= 4 is 6.03 Å². The minimum Gasteiger partial charge on any atom is -0.334 e. The second-order valence-corrected chi connectivity index (χ2v) is 6.65. The summed E-state index contributed by atoms with van der Waals surface area (Å²) in [4.78, 5) is 15.5. The number of likely N-dealkylation sites (tertiary alicyclic amines) is 2. The molecule has 3 rings (SSSR count). The van der Waals surface area contributed by atoms with Crippen molar-refractivity contribution in [3.05, 3.63) is 12.2 Å². The first kappa shape index (κ1) is 15.6. The number of carbonyl (C=O) groups is 1. The molecule has 3 atom stereocenters. The Bertz CT molecular complexity index is 436. The molecular formula is C15H22F3N3O. The number of hydrogen-bond donors (Lipinski definition) is 1. The lowest BCUT2D eigenvalue weighted by Crippen LogP contribution is -2.45. The molecule has 2 fully saturated rings. The first-order chi connectivity index (χ1) is 10.4. The molecule has 124 valence electrons. The number of urea groups is 1. The zero-order valence-electron chi connectivity index (χ0n) is 12.5. The van der Waals surface area contributed by atoms with Crippen LogP contribution in [0.5, 0.6) is 0 Å². The van der Waals surface area contributed by atoms with Crippen molar-refractivity contribution < 1.29 is 18.0 Å². The Hall–Kier alpha value is -1.24. The van der Waals surface area contributed by atoms with E-state index in [-0.39, 0.29) is 18.6 Å². The zero-order chi connectivity index (χ0) is 15.7. The van der Waals surface area contributed by atoms with E-state index in [9.17, 15) is 18.0 Å². The van der Waals surface area contributed by atoms with Crippen molar-refractivity contribution in [1.82, 2.24) is 15.1 Å². The fourth-order valence-electron chi connectivity index (χ4n) is 3.79. The van der Waals surface area contributed by atoms with Gasteiger partial charge >= 0.3 is 12.2 Å². The fraction of sp³-hybridized carbons (Fsp3) is 0.800. The van der Waals surface area contributed by atoms with Crippen molar-refractivity contribution in [3.8, 4) is 0 Å². The van der Waals surface area contributed by atoms with Gasteiger partial charge in [-0.3, -0.25) is 4.90 Å². The summed E-state index contributed by atoms with van der Waals surface area (Å²) in [6.07, 6.45) is 2.82. The Kier molecular flexibility index (Phi) is 4.34. The van der Waals surface area contributed by atoms with Gasteiger partial charge in [-0.1, -0.05) is 12.2 Å². The quantitative estimate of drug-likeness (QED) is 0.793. The van der Waals surface area contributed by atoms with Gasteiger partial charge in [0.25, 0.3) is 0 Å². The Labute approximate surface area is 128 Å². The molecule has 2 amide bonds. The number of halogens is 3. The third-order valence-corrected chi connectivity index (χ3v) is 4.91. The number of carbonyl (C=O) groups excluding carboxylic acids is 1. The summed E-state index contributed by atoms with van der Waals surface area (Å²) in [5.74, 6) is 1.09. The molecule has 0 radical (unpaired) electrons. The third kappa shape index (κ3) is 3.74. The molecule has 7 heteroatoms. The number of nitrogens with zero attached hydrogens (tertiary/aromatic N) is 2. The van der Waals surface area contributed by atoms with E-state index in [1.165, 1.54) is 4.90 Å². The smallest absolute Gasteiger partial charge is 0.334 e. The normalized spacial score (nSPS) is 32.3. The molecule has 0 bridgehead atoms. The van der Waals surface area contributed by atoms with E-state index in [2.05, 4.69) is 17.5 Å². The molecule has 3 aliphatic rings. The second kappa shape index (κ2) is 6.10. The van der Waals surface area contributed by atoms with Crippen LogP contribution >= 0.6 is 0 Å². The molecule has 0 aromatic carbocycles. The minimum atomic E-state index is -4.17. The predicted molar refractivity (Wildman–Crippen MR) is 76.4 cm³/mol. The molecule has 2 aliphatic heterocycles. The molecular weight excluding hydrogens is 295 g/mol. The average Bonchev–Trinajstić information content (AvgIpc) is 3.03. The van der Waals surface area contributed by atoms with Gasteiger partial charge in [-0.25, -0.2) is 4.79 Å². The molecule has 0 aromatic rings. The van der Waals surface area contributed by atoms with Gasteiger partial charge in [-0.2, -0.15) is 13.2 Å². The second-order valence-electron chi connectivity index (χ2n) is 6.65. The van der Waals surface area contributed by atoms with Crippen LogP contribution in [-0.4, -0.2) is 60.8 Å². The fourth-order valence-corrected chi connectivity index (χ4v) is 3.79. The number of allylic oxidation sites excluding steroid dienone is 2. The lowest BCUT2D eigenvalue weighted by atomic mass is 9.86. The summed E-state index contributed by atoms with van der Waals surface area (Å²) in [7, 11) is 0. The highest BCUT2D eigenvalue weighted by Gasteiger charge is 2.37. The van der Waals surface area contributed by atoms with E-state index < -0.39 is 12.7 Å². The standard InChI is InChI=1S/C15H22F3N3O/c16-15(17,18)10-20-6-5-13(9-20)19-14(22)21-7-11-3-1-2-4-12(11)8-21/h1-2,11-13H,3-10H2,(H,19,22). The van der Waals surface area contributed by atoms with Gasteiger partial charge in [0.05, 0.1) is 6.54 Å².